The number of anilines is 2. The first kappa shape index (κ1) is 20.8. The van der Waals surface area contributed by atoms with Crippen molar-refractivity contribution in [3.8, 4) is 11.3 Å². The van der Waals surface area contributed by atoms with Gasteiger partial charge in [-0.3, -0.25) is 0 Å². The Morgan fingerprint density at radius 3 is 2.53 bits per heavy atom. The first-order chi connectivity index (χ1) is 17.7. The van der Waals surface area contributed by atoms with E-state index < -0.39 is 0 Å². The van der Waals surface area contributed by atoms with E-state index in [1.165, 1.54) is 24.6 Å². The monoisotopic (exact) mass is 471 g/mol. The van der Waals surface area contributed by atoms with Crippen molar-refractivity contribution in [2.45, 2.75) is 19.4 Å². The third kappa shape index (κ3) is 3.43. The molecular formula is C29H25N7. The Morgan fingerprint density at radius 2 is 1.64 bits per heavy atom. The maximum absolute atomic E-state index is 6.39. The number of benzene rings is 3. The van der Waals surface area contributed by atoms with Crippen LogP contribution in [0.25, 0.3) is 44.0 Å². The second kappa shape index (κ2) is 8.30. The van der Waals surface area contributed by atoms with E-state index in [1.807, 2.05) is 22.9 Å². The Kier molecular flexibility index (Phi) is 4.80. The Labute approximate surface area is 208 Å². The Morgan fingerprint density at radius 1 is 0.833 bits per heavy atom. The van der Waals surface area contributed by atoms with E-state index in [1.54, 1.807) is 0 Å². The number of pyridine rings is 1. The first-order valence-corrected chi connectivity index (χ1v) is 12.3. The van der Waals surface area contributed by atoms with E-state index in [2.05, 4.69) is 69.5 Å². The quantitative estimate of drug-likeness (QED) is 0.369. The second-order valence-electron chi connectivity index (χ2n) is 9.38. The van der Waals surface area contributed by atoms with Gasteiger partial charge in [-0.15, -0.1) is 0 Å². The van der Waals surface area contributed by atoms with Crippen molar-refractivity contribution in [3.05, 3.63) is 84.7 Å². The summed E-state index contributed by atoms with van der Waals surface area (Å²) in [7, 11) is 0. The van der Waals surface area contributed by atoms with Crippen molar-refractivity contribution in [2.24, 2.45) is 0 Å². The minimum Gasteiger partial charge on any atom is -0.383 e. The molecule has 0 aliphatic carbocycles. The number of para-hydroxylation sites is 1. The predicted octanol–water partition coefficient (Wildman–Crippen LogP) is 5.43. The van der Waals surface area contributed by atoms with Crippen molar-refractivity contribution in [3.63, 3.8) is 0 Å². The van der Waals surface area contributed by atoms with Gasteiger partial charge in [0.1, 0.15) is 23.7 Å². The fourth-order valence-corrected chi connectivity index (χ4v) is 5.31. The van der Waals surface area contributed by atoms with Crippen LogP contribution in [0.3, 0.4) is 0 Å². The molecule has 1 saturated heterocycles. The average molecular weight is 472 g/mol. The molecule has 0 radical (unpaired) electrons. The van der Waals surface area contributed by atoms with Gasteiger partial charge < -0.3 is 10.6 Å². The lowest BCUT2D eigenvalue weighted by Gasteiger charge is -2.19. The van der Waals surface area contributed by atoms with E-state index in [0.29, 0.717) is 12.4 Å². The van der Waals surface area contributed by atoms with Crippen molar-refractivity contribution in [2.75, 3.05) is 23.7 Å². The maximum Gasteiger partial charge on any atom is 0.164 e. The SMILES string of the molecule is Nc1ncnc2c1c(-c1ccc3ccccc3c1)nn2Cc1cc(N2CCCC2)nc2ccccc12. The fourth-order valence-electron chi connectivity index (χ4n) is 5.31. The van der Waals surface area contributed by atoms with Crippen LogP contribution in [0, 0.1) is 0 Å². The predicted molar refractivity (Wildman–Crippen MR) is 145 cm³/mol. The summed E-state index contributed by atoms with van der Waals surface area (Å²) in [6, 6.07) is 25.2. The molecule has 0 bridgehead atoms. The van der Waals surface area contributed by atoms with Crippen molar-refractivity contribution in [1.29, 1.82) is 0 Å². The summed E-state index contributed by atoms with van der Waals surface area (Å²) in [5.74, 6) is 1.47. The molecule has 1 fully saturated rings. The zero-order valence-corrected chi connectivity index (χ0v) is 19.8. The average Bonchev–Trinajstić information content (AvgIpc) is 3.58. The van der Waals surface area contributed by atoms with E-state index in [4.69, 9.17) is 15.8 Å². The first-order valence-electron chi connectivity index (χ1n) is 12.3. The number of nitrogens with zero attached hydrogens (tertiary/aromatic N) is 6. The number of hydrogen-bond acceptors (Lipinski definition) is 6. The molecule has 176 valence electrons. The summed E-state index contributed by atoms with van der Waals surface area (Å²) in [6.45, 7) is 2.65. The molecule has 0 spiro atoms. The highest BCUT2D eigenvalue weighted by Gasteiger charge is 2.20. The minimum atomic E-state index is 0.437. The second-order valence-corrected chi connectivity index (χ2v) is 9.38. The minimum absolute atomic E-state index is 0.437. The summed E-state index contributed by atoms with van der Waals surface area (Å²) in [4.78, 5) is 16.2. The summed E-state index contributed by atoms with van der Waals surface area (Å²) >= 11 is 0. The number of nitrogens with two attached hydrogens (primary N) is 1. The van der Waals surface area contributed by atoms with Gasteiger partial charge in [0, 0.05) is 24.0 Å². The molecular weight excluding hydrogens is 446 g/mol. The van der Waals surface area contributed by atoms with Crippen molar-refractivity contribution < 1.29 is 0 Å². The van der Waals surface area contributed by atoms with Crippen LogP contribution < -0.4 is 10.6 Å². The highest BCUT2D eigenvalue weighted by molar-refractivity contribution is 6.00. The maximum atomic E-state index is 6.39. The lowest BCUT2D eigenvalue weighted by molar-refractivity contribution is 0.709. The third-order valence-corrected chi connectivity index (χ3v) is 7.12. The topological polar surface area (TPSA) is 85.8 Å². The number of hydrogen-bond donors (Lipinski definition) is 1. The zero-order valence-electron chi connectivity index (χ0n) is 19.8. The summed E-state index contributed by atoms with van der Waals surface area (Å²) in [5, 5.41) is 9.31. The lowest BCUT2D eigenvalue weighted by Crippen LogP contribution is -2.19. The van der Waals surface area contributed by atoms with Gasteiger partial charge in [-0.25, -0.2) is 19.6 Å². The molecule has 7 rings (SSSR count). The van der Waals surface area contributed by atoms with Gasteiger partial charge in [-0.05, 0) is 47.4 Å². The van der Waals surface area contributed by atoms with Crippen LogP contribution >= 0.6 is 0 Å². The largest absolute Gasteiger partial charge is 0.383 e. The molecule has 0 saturated carbocycles. The molecule has 0 amide bonds. The molecule has 3 aromatic carbocycles. The van der Waals surface area contributed by atoms with E-state index in [-0.39, 0.29) is 0 Å². The molecule has 0 atom stereocenters. The van der Waals surface area contributed by atoms with Crippen molar-refractivity contribution >= 4 is 44.3 Å². The van der Waals surface area contributed by atoms with Crippen molar-refractivity contribution in [1.82, 2.24) is 24.7 Å². The molecule has 6 aromatic rings. The van der Waals surface area contributed by atoms with E-state index in [0.717, 1.165) is 63.1 Å². The molecule has 36 heavy (non-hydrogen) atoms. The van der Waals surface area contributed by atoms with E-state index >= 15 is 0 Å². The molecule has 0 unspecified atom stereocenters. The Bertz CT molecular complexity index is 1750. The molecule has 4 heterocycles. The number of aromatic nitrogens is 5. The van der Waals surface area contributed by atoms with Crippen LogP contribution in [-0.4, -0.2) is 37.8 Å². The van der Waals surface area contributed by atoms with Gasteiger partial charge >= 0.3 is 0 Å². The highest BCUT2D eigenvalue weighted by Crippen LogP contribution is 2.33. The van der Waals surface area contributed by atoms with Crippen LogP contribution in [-0.2, 0) is 6.54 Å². The third-order valence-electron chi connectivity index (χ3n) is 7.12. The van der Waals surface area contributed by atoms with Crippen LogP contribution in [0.15, 0.2) is 79.1 Å². The Hall–Kier alpha value is -4.52. The fraction of sp³-hybridized carbons (Fsp3) is 0.172. The molecule has 1 aliphatic heterocycles. The molecule has 2 N–H and O–H groups in total. The summed E-state index contributed by atoms with van der Waals surface area (Å²) in [6.07, 6.45) is 3.93. The molecule has 7 nitrogen and oxygen atoms in total. The summed E-state index contributed by atoms with van der Waals surface area (Å²) in [5.41, 5.74) is 11.1. The summed E-state index contributed by atoms with van der Waals surface area (Å²) < 4.78 is 1.95. The smallest absolute Gasteiger partial charge is 0.164 e. The van der Waals surface area contributed by atoms with Crippen LogP contribution in [0.1, 0.15) is 18.4 Å². The zero-order chi connectivity index (χ0) is 24.1. The highest BCUT2D eigenvalue weighted by atomic mass is 15.3. The lowest BCUT2D eigenvalue weighted by atomic mass is 10.0. The number of rotatable bonds is 4. The van der Waals surface area contributed by atoms with Gasteiger partial charge in [-0.1, -0.05) is 54.6 Å². The molecule has 3 aromatic heterocycles. The van der Waals surface area contributed by atoms with E-state index in [9.17, 15) is 0 Å². The van der Waals surface area contributed by atoms with Gasteiger partial charge in [0.15, 0.2) is 5.65 Å². The van der Waals surface area contributed by atoms with Gasteiger partial charge in [0.25, 0.3) is 0 Å². The normalized spacial score (nSPS) is 13.8. The number of nitrogen functional groups attached to an aromatic ring is 1. The Balaban J connectivity index is 1.39. The molecule has 1 aliphatic rings. The van der Waals surface area contributed by atoms with Crippen LogP contribution in [0.5, 0.6) is 0 Å². The number of fused-ring (bicyclic) bond motifs is 3. The van der Waals surface area contributed by atoms with Crippen LogP contribution in [0.2, 0.25) is 0 Å². The van der Waals surface area contributed by atoms with Gasteiger partial charge in [0.2, 0.25) is 0 Å². The standard InChI is InChI=1S/C29H25N7/c30-28-26-27(21-12-11-19-7-1-2-8-20(19)15-21)34-36(29(26)32-18-31-28)17-22-16-25(35-13-5-6-14-35)33-24-10-4-3-9-23(22)24/h1-4,7-12,15-16,18H,5-6,13-14,17H2,(H2,30,31,32). The van der Waals surface area contributed by atoms with Gasteiger partial charge in [-0.2, -0.15) is 5.10 Å². The molecule has 7 heteroatoms. The van der Waals surface area contributed by atoms with Gasteiger partial charge in [0.05, 0.1) is 17.4 Å². The van der Waals surface area contributed by atoms with Crippen LogP contribution in [0.4, 0.5) is 11.6 Å².